The summed E-state index contributed by atoms with van der Waals surface area (Å²) >= 11 is 0. The molecule has 0 aliphatic carbocycles. The maximum absolute atomic E-state index is 5.73. The first kappa shape index (κ1) is 16.1. The molecule has 0 atom stereocenters. The van der Waals surface area contributed by atoms with Crippen LogP contribution in [0.2, 0.25) is 0 Å². The van der Waals surface area contributed by atoms with E-state index in [1.54, 1.807) is 0 Å². The van der Waals surface area contributed by atoms with Crippen molar-refractivity contribution in [2.45, 2.75) is 0 Å². The highest BCUT2D eigenvalue weighted by molar-refractivity contribution is 6.23. The Morgan fingerprint density at radius 1 is 0.517 bits per heavy atom. The van der Waals surface area contributed by atoms with Gasteiger partial charge in [-0.05, 0) is 39.4 Å². The largest absolute Gasteiger partial charge is 0.356 e. The van der Waals surface area contributed by atoms with Crippen LogP contribution in [0.5, 0.6) is 0 Å². The fraction of sp³-hybridized carbons (Fsp3) is 0. The van der Waals surface area contributed by atoms with Crippen LogP contribution in [0.25, 0.3) is 54.9 Å². The van der Waals surface area contributed by atoms with E-state index in [1.165, 1.54) is 32.7 Å². The molecule has 1 heterocycles. The molecule has 1 aromatic heterocycles. The molecule has 0 aliphatic heterocycles. The summed E-state index contributed by atoms with van der Waals surface area (Å²) in [4.78, 5) is 0. The first-order valence-electron chi connectivity index (χ1n) is 9.74. The Hall–Kier alpha value is -3.91. The zero-order valence-corrected chi connectivity index (χ0v) is 15.7. The first-order valence-corrected chi connectivity index (χ1v) is 9.74. The molecule has 2 nitrogen and oxygen atoms in total. The van der Waals surface area contributed by atoms with Gasteiger partial charge >= 0.3 is 0 Å². The lowest BCUT2D eigenvalue weighted by Crippen LogP contribution is -1.84. The molecule has 6 aromatic rings. The van der Waals surface area contributed by atoms with Crippen LogP contribution in [0.15, 0.2) is 108 Å². The number of hydrogen-bond acceptors (Lipinski definition) is 2. The van der Waals surface area contributed by atoms with Crippen LogP contribution >= 0.6 is 0 Å². The maximum atomic E-state index is 5.73. The van der Waals surface area contributed by atoms with Crippen molar-refractivity contribution in [1.29, 1.82) is 0 Å². The van der Waals surface area contributed by atoms with Gasteiger partial charge in [0.25, 0.3) is 0 Å². The minimum Gasteiger partial charge on any atom is -0.356 e. The Morgan fingerprint density at radius 2 is 1.17 bits per heavy atom. The quantitative estimate of drug-likeness (QED) is 0.295. The summed E-state index contributed by atoms with van der Waals surface area (Å²) in [5.41, 5.74) is 5.19. The number of hydrogen-bond donors (Lipinski definition) is 0. The lowest BCUT2D eigenvalue weighted by Gasteiger charge is -2.09. The molecular formula is C27H17NO. The van der Waals surface area contributed by atoms with Gasteiger partial charge in [-0.25, -0.2) is 0 Å². The van der Waals surface area contributed by atoms with Crippen molar-refractivity contribution >= 4 is 32.5 Å². The Bertz CT molecular complexity index is 1480. The Balaban J connectivity index is 1.75. The van der Waals surface area contributed by atoms with Crippen LogP contribution in [-0.2, 0) is 0 Å². The summed E-state index contributed by atoms with van der Waals surface area (Å²) in [7, 11) is 0. The Kier molecular flexibility index (Phi) is 3.50. The van der Waals surface area contributed by atoms with Crippen molar-refractivity contribution in [3.05, 3.63) is 103 Å². The van der Waals surface area contributed by atoms with Gasteiger partial charge in [0.15, 0.2) is 5.58 Å². The van der Waals surface area contributed by atoms with Crippen LogP contribution in [0, 0.1) is 0 Å². The summed E-state index contributed by atoms with van der Waals surface area (Å²) < 4.78 is 5.73. The lowest BCUT2D eigenvalue weighted by atomic mass is 9.94. The van der Waals surface area contributed by atoms with E-state index in [2.05, 4.69) is 78.0 Å². The van der Waals surface area contributed by atoms with Crippen LogP contribution in [0.1, 0.15) is 0 Å². The van der Waals surface area contributed by atoms with E-state index in [4.69, 9.17) is 4.52 Å². The van der Waals surface area contributed by atoms with Gasteiger partial charge in [-0.2, -0.15) is 0 Å². The minimum absolute atomic E-state index is 0.814. The Morgan fingerprint density at radius 3 is 1.97 bits per heavy atom. The monoisotopic (exact) mass is 371 g/mol. The smallest absolute Gasteiger partial charge is 0.168 e. The topological polar surface area (TPSA) is 26.0 Å². The highest BCUT2D eigenvalue weighted by Gasteiger charge is 2.16. The van der Waals surface area contributed by atoms with Gasteiger partial charge < -0.3 is 4.52 Å². The number of benzene rings is 5. The lowest BCUT2D eigenvalue weighted by molar-refractivity contribution is 0.459. The zero-order valence-electron chi connectivity index (χ0n) is 15.7. The number of nitrogens with zero attached hydrogens (tertiary/aromatic N) is 1. The average Bonchev–Trinajstić information content (AvgIpc) is 3.24. The van der Waals surface area contributed by atoms with E-state index in [0.717, 1.165) is 22.2 Å². The van der Waals surface area contributed by atoms with Crippen molar-refractivity contribution in [3.8, 4) is 22.4 Å². The fourth-order valence-corrected chi connectivity index (χ4v) is 4.18. The molecule has 0 fully saturated rings. The fourth-order valence-electron chi connectivity index (χ4n) is 4.18. The second kappa shape index (κ2) is 6.32. The van der Waals surface area contributed by atoms with E-state index in [0.29, 0.717) is 0 Å². The molecule has 0 saturated carbocycles. The standard InChI is InChI=1S/C27H17NO/c1-3-7-18(8-4-1)22-14-12-19-11-13-20-15-16-24-26(25(20)23(19)17-22)27(28-29-24)21-9-5-2-6-10-21/h1-17H. The minimum atomic E-state index is 0.814. The van der Waals surface area contributed by atoms with E-state index in [-0.39, 0.29) is 0 Å². The van der Waals surface area contributed by atoms with Crippen molar-refractivity contribution in [2.24, 2.45) is 0 Å². The predicted octanol–water partition coefficient (Wildman–Crippen LogP) is 7.47. The van der Waals surface area contributed by atoms with Crippen LogP contribution in [0.4, 0.5) is 0 Å². The van der Waals surface area contributed by atoms with Crippen molar-refractivity contribution in [3.63, 3.8) is 0 Å². The second-order valence-electron chi connectivity index (χ2n) is 7.30. The highest BCUT2D eigenvalue weighted by Crippen LogP contribution is 2.38. The van der Waals surface area contributed by atoms with Crippen LogP contribution < -0.4 is 0 Å². The van der Waals surface area contributed by atoms with Gasteiger partial charge in [0.1, 0.15) is 5.69 Å². The summed E-state index contributed by atoms with van der Waals surface area (Å²) in [5, 5.41) is 10.3. The second-order valence-corrected chi connectivity index (χ2v) is 7.30. The number of rotatable bonds is 2. The molecule has 0 bridgehead atoms. The van der Waals surface area contributed by atoms with Gasteiger partial charge in [0, 0.05) is 10.9 Å². The van der Waals surface area contributed by atoms with Gasteiger partial charge in [-0.3, -0.25) is 0 Å². The Labute approximate surface area is 168 Å². The summed E-state index contributed by atoms with van der Waals surface area (Å²) in [6.07, 6.45) is 0. The maximum Gasteiger partial charge on any atom is 0.168 e. The normalized spacial score (nSPS) is 11.4. The molecule has 0 radical (unpaired) electrons. The molecule has 0 saturated heterocycles. The van der Waals surface area contributed by atoms with E-state index in [1.807, 2.05) is 30.3 Å². The van der Waals surface area contributed by atoms with E-state index < -0.39 is 0 Å². The summed E-state index contributed by atoms with van der Waals surface area (Å²) in [6, 6.07) is 35.9. The van der Waals surface area contributed by atoms with Crippen molar-refractivity contribution in [2.75, 3.05) is 0 Å². The molecule has 0 N–H and O–H groups in total. The summed E-state index contributed by atoms with van der Waals surface area (Å²) in [5.74, 6) is 0. The van der Waals surface area contributed by atoms with E-state index in [9.17, 15) is 0 Å². The third-order valence-electron chi connectivity index (χ3n) is 5.59. The molecule has 6 rings (SSSR count). The van der Waals surface area contributed by atoms with Gasteiger partial charge in [-0.15, -0.1) is 0 Å². The molecule has 0 spiro atoms. The number of aromatic nitrogens is 1. The first-order chi connectivity index (χ1) is 14.4. The average molecular weight is 371 g/mol. The van der Waals surface area contributed by atoms with Gasteiger partial charge in [0.05, 0.1) is 5.39 Å². The molecule has 0 unspecified atom stereocenters. The molecule has 5 aromatic carbocycles. The molecule has 0 amide bonds. The third kappa shape index (κ3) is 2.54. The number of fused-ring (bicyclic) bond motifs is 5. The summed E-state index contributed by atoms with van der Waals surface area (Å²) in [6.45, 7) is 0. The molecular weight excluding hydrogens is 354 g/mol. The van der Waals surface area contributed by atoms with Crippen molar-refractivity contribution < 1.29 is 4.52 Å². The SMILES string of the molecule is c1ccc(-c2ccc3ccc4ccc5onc(-c6ccccc6)c5c4c3c2)cc1. The molecule has 136 valence electrons. The van der Waals surface area contributed by atoms with Gasteiger partial charge in [-0.1, -0.05) is 96.2 Å². The van der Waals surface area contributed by atoms with Crippen LogP contribution in [-0.4, -0.2) is 5.16 Å². The molecule has 0 aliphatic rings. The molecule has 2 heteroatoms. The highest BCUT2D eigenvalue weighted by atomic mass is 16.5. The molecule has 29 heavy (non-hydrogen) atoms. The predicted molar refractivity (Wildman–Crippen MR) is 120 cm³/mol. The van der Waals surface area contributed by atoms with E-state index >= 15 is 0 Å². The van der Waals surface area contributed by atoms with Crippen LogP contribution in [0.3, 0.4) is 0 Å². The zero-order chi connectivity index (χ0) is 19.2. The van der Waals surface area contributed by atoms with Crippen molar-refractivity contribution in [1.82, 2.24) is 5.16 Å². The van der Waals surface area contributed by atoms with Gasteiger partial charge in [0.2, 0.25) is 0 Å². The third-order valence-corrected chi connectivity index (χ3v) is 5.59.